The highest BCUT2D eigenvalue weighted by atomic mass is 32.2. The van der Waals surface area contributed by atoms with E-state index >= 15 is 0 Å². The highest BCUT2D eigenvalue weighted by Crippen LogP contribution is 2.21. The summed E-state index contributed by atoms with van der Waals surface area (Å²) in [6.07, 6.45) is 0.507. The summed E-state index contributed by atoms with van der Waals surface area (Å²) in [6.45, 7) is 5.43. The van der Waals surface area contributed by atoms with E-state index in [1.807, 2.05) is 31.2 Å². The van der Waals surface area contributed by atoms with Crippen molar-refractivity contribution in [3.63, 3.8) is 0 Å². The van der Waals surface area contributed by atoms with E-state index in [0.29, 0.717) is 29.1 Å². The lowest BCUT2D eigenvalue weighted by Gasteiger charge is -2.18. The molecule has 0 spiro atoms. The number of nitrogens with zero attached hydrogens (tertiary/aromatic N) is 1. The van der Waals surface area contributed by atoms with E-state index in [4.69, 9.17) is 21.9 Å². The van der Waals surface area contributed by atoms with Gasteiger partial charge in [0.25, 0.3) is 10.0 Å². The molecule has 2 aromatic rings. The number of carbonyl (C=O) groups is 2. The van der Waals surface area contributed by atoms with Crippen LogP contribution in [0.2, 0.25) is 0 Å². The van der Waals surface area contributed by atoms with Crippen molar-refractivity contribution >= 4 is 39.6 Å². The van der Waals surface area contributed by atoms with Gasteiger partial charge in [0, 0.05) is 18.1 Å². The van der Waals surface area contributed by atoms with Gasteiger partial charge in [0.2, 0.25) is 17.8 Å². The Hall–Kier alpha value is -3.29. The van der Waals surface area contributed by atoms with Gasteiger partial charge in [0.15, 0.2) is 0 Å². The number of nitrogens with one attached hydrogen (secondary N) is 2. The van der Waals surface area contributed by atoms with Gasteiger partial charge in [0.05, 0.1) is 18.0 Å². The van der Waals surface area contributed by atoms with Crippen molar-refractivity contribution in [1.29, 1.82) is 0 Å². The minimum atomic E-state index is -3.92. The van der Waals surface area contributed by atoms with Gasteiger partial charge in [-0.15, -0.1) is 0 Å². The Morgan fingerprint density at radius 1 is 1.08 bits per heavy atom. The fourth-order valence-electron chi connectivity index (χ4n) is 3.97. The quantitative estimate of drug-likeness (QED) is 0.125. The number of guanidine groups is 1. The molecule has 0 saturated carbocycles. The fraction of sp³-hybridized carbons (Fsp3) is 0.423. The highest BCUT2D eigenvalue weighted by molar-refractivity contribution is 7.98. The fourth-order valence-corrected chi connectivity index (χ4v) is 6.33. The molecule has 0 heterocycles. The molecule has 2 aromatic carbocycles. The third kappa shape index (κ3) is 10.1. The summed E-state index contributed by atoms with van der Waals surface area (Å²) >= 11 is 1.49. The van der Waals surface area contributed by atoms with Crippen molar-refractivity contribution in [2.75, 3.05) is 19.4 Å². The lowest BCUT2D eigenvalue weighted by Crippen LogP contribution is -2.51. The van der Waals surface area contributed by atoms with Crippen LogP contribution in [0, 0.1) is 20.8 Å². The van der Waals surface area contributed by atoms with Crippen molar-refractivity contribution in [3.05, 3.63) is 58.7 Å². The van der Waals surface area contributed by atoms with Gasteiger partial charge in [-0.2, -0.15) is 11.8 Å². The predicted octanol–water partition coefficient (Wildman–Crippen LogP) is 1.22. The number of aryl methyl sites for hydroxylation is 3. The summed E-state index contributed by atoms with van der Waals surface area (Å²) in [4.78, 5) is 28.6. The molecule has 0 radical (unpaired) electrons. The van der Waals surface area contributed by atoms with E-state index in [-0.39, 0.29) is 23.8 Å². The zero-order valence-electron chi connectivity index (χ0n) is 22.7. The van der Waals surface area contributed by atoms with Crippen molar-refractivity contribution in [1.82, 2.24) is 10.0 Å². The molecular formula is C26H38N6O5S2. The largest absolute Gasteiger partial charge is 0.497 e. The Bertz CT molecular complexity index is 1260. The zero-order chi connectivity index (χ0) is 29.2. The molecule has 13 heteroatoms. The number of hydrogen-bond acceptors (Lipinski definition) is 8. The number of sulfonamides is 1. The summed E-state index contributed by atoms with van der Waals surface area (Å²) < 4.78 is 33.0. The van der Waals surface area contributed by atoms with Crippen molar-refractivity contribution in [2.45, 2.75) is 56.3 Å². The van der Waals surface area contributed by atoms with E-state index < -0.39 is 33.9 Å². The van der Waals surface area contributed by atoms with E-state index in [0.717, 1.165) is 16.9 Å². The number of rotatable bonds is 14. The molecule has 0 aliphatic rings. The normalized spacial score (nSPS) is 13.4. The third-order valence-corrected chi connectivity index (χ3v) is 8.56. The van der Waals surface area contributed by atoms with Crippen LogP contribution in [0.5, 0.6) is 5.75 Å². The number of nitrogens with two attached hydrogens (primary N) is 3. The number of methoxy groups -OCH3 is 1. The summed E-state index contributed by atoms with van der Waals surface area (Å²) in [7, 11) is -2.32. The average Bonchev–Trinajstić information content (AvgIpc) is 2.84. The monoisotopic (exact) mass is 578 g/mol. The average molecular weight is 579 g/mol. The molecule has 0 aromatic heterocycles. The van der Waals surface area contributed by atoms with Crippen molar-refractivity contribution in [3.8, 4) is 5.75 Å². The van der Waals surface area contributed by atoms with Gasteiger partial charge in [-0.1, -0.05) is 29.8 Å². The van der Waals surface area contributed by atoms with Gasteiger partial charge in [-0.25, -0.2) is 13.1 Å². The Balaban J connectivity index is 1.83. The molecule has 0 aliphatic heterocycles. The minimum Gasteiger partial charge on any atom is -0.497 e. The Kier molecular flexibility index (Phi) is 12.1. The maximum Gasteiger partial charge on any atom is 0.264 e. The molecule has 0 bridgehead atoms. The molecule has 2 rings (SSSR count). The lowest BCUT2D eigenvalue weighted by atomic mass is 10.1. The number of ether oxygens (including phenoxy) is 1. The first-order valence-electron chi connectivity index (χ1n) is 12.3. The van der Waals surface area contributed by atoms with E-state index in [2.05, 4.69) is 15.0 Å². The predicted molar refractivity (Wildman–Crippen MR) is 155 cm³/mol. The van der Waals surface area contributed by atoms with Gasteiger partial charge < -0.3 is 27.3 Å². The van der Waals surface area contributed by atoms with Crippen LogP contribution in [-0.2, 0) is 25.4 Å². The number of amides is 2. The van der Waals surface area contributed by atoms with Crippen LogP contribution in [0.4, 0.5) is 0 Å². The molecular weight excluding hydrogens is 540 g/mol. The smallest absolute Gasteiger partial charge is 0.264 e. The number of carbonyl (C=O) groups excluding carboxylic acids is 2. The first kappa shape index (κ1) is 31.9. The van der Waals surface area contributed by atoms with Crippen LogP contribution >= 0.6 is 11.8 Å². The van der Waals surface area contributed by atoms with Crippen LogP contribution < -0.4 is 32.0 Å². The first-order chi connectivity index (χ1) is 18.3. The first-order valence-corrected chi connectivity index (χ1v) is 14.9. The molecule has 214 valence electrons. The van der Waals surface area contributed by atoms with Crippen LogP contribution in [0.25, 0.3) is 0 Å². The molecule has 0 saturated heterocycles. The van der Waals surface area contributed by atoms with E-state index in [9.17, 15) is 18.0 Å². The molecule has 2 amide bonds. The Morgan fingerprint density at radius 2 is 1.69 bits per heavy atom. The standard InChI is InChI=1S/C26H38N6O5S2/c1-16-12-17(2)23(18(3)13-16)39(35,36)32-26(29)30-11-5-6-22(24(28)33)31-25(34)21(27)15-38-14-19-7-9-20(37-4)10-8-19/h7-10,12-13,21-22H,5-6,11,14-15,27H2,1-4H3,(H2,28,33)(H,31,34)(H3,29,30,32)/t21-,22-/m0/s1. The molecule has 0 aliphatic carbocycles. The number of benzene rings is 2. The molecule has 39 heavy (non-hydrogen) atoms. The number of hydrogen-bond donors (Lipinski definition) is 5. The van der Waals surface area contributed by atoms with Gasteiger partial charge >= 0.3 is 0 Å². The minimum absolute atomic E-state index is 0.115. The second kappa shape index (κ2) is 14.8. The second-order valence-electron chi connectivity index (χ2n) is 9.18. The number of thioether (sulfide) groups is 1. The zero-order valence-corrected chi connectivity index (χ0v) is 24.3. The van der Waals surface area contributed by atoms with Crippen molar-refractivity contribution < 1.29 is 22.7 Å². The lowest BCUT2D eigenvalue weighted by molar-refractivity contribution is -0.128. The molecule has 8 N–H and O–H groups in total. The number of aliphatic imine (C=N–C) groups is 1. The summed E-state index contributed by atoms with van der Waals surface area (Å²) in [5.41, 5.74) is 20.5. The molecule has 11 nitrogen and oxygen atoms in total. The van der Waals surface area contributed by atoms with Gasteiger partial charge in [-0.05, 0) is 62.4 Å². The number of primary amides is 1. The van der Waals surface area contributed by atoms with E-state index in [1.54, 1.807) is 33.1 Å². The van der Waals surface area contributed by atoms with Gasteiger partial charge in [0.1, 0.15) is 11.8 Å². The molecule has 2 atom stereocenters. The maximum atomic E-state index is 12.8. The van der Waals surface area contributed by atoms with Crippen molar-refractivity contribution in [2.24, 2.45) is 22.2 Å². The topological polar surface area (TPSA) is 192 Å². The summed E-state index contributed by atoms with van der Waals surface area (Å²) in [5.74, 6) is 0.315. The highest BCUT2D eigenvalue weighted by Gasteiger charge is 2.23. The van der Waals surface area contributed by atoms with Crippen LogP contribution in [0.3, 0.4) is 0 Å². The Labute approximate surface area is 234 Å². The molecule has 0 fully saturated rings. The summed E-state index contributed by atoms with van der Waals surface area (Å²) in [6, 6.07) is 9.37. The summed E-state index contributed by atoms with van der Waals surface area (Å²) in [5, 5.41) is 2.59. The third-order valence-electron chi connectivity index (χ3n) is 5.77. The molecule has 0 unspecified atom stereocenters. The van der Waals surface area contributed by atoms with Crippen LogP contribution in [-0.4, -0.2) is 57.7 Å². The maximum absolute atomic E-state index is 12.8. The Morgan fingerprint density at radius 3 is 2.26 bits per heavy atom. The van der Waals surface area contributed by atoms with E-state index in [1.165, 1.54) is 11.8 Å². The van der Waals surface area contributed by atoms with Crippen LogP contribution in [0.15, 0.2) is 46.3 Å². The van der Waals surface area contributed by atoms with Crippen LogP contribution in [0.1, 0.15) is 35.1 Å². The van der Waals surface area contributed by atoms with Gasteiger partial charge in [-0.3, -0.25) is 14.6 Å². The second-order valence-corrected chi connectivity index (χ2v) is 11.8. The SMILES string of the molecule is COc1ccc(CSC[C@H](N)C(=O)N[C@@H](CCCN=C(N)NS(=O)(=O)c2c(C)cc(C)cc2C)C(N)=O)cc1.